The average molecular weight is 186 g/mol. The number of guanidine groups is 1. The molecule has 1 unspecified atom stereocenters. The van der Waals surface area contributed by atoms with Crippen LogP contribution in [-0.2, 0) is 0 Å². The van der Waals surface area contributed by atoms with E-state index >= 15 is 0 Å². The van der Waals surface area contributed by atoms with Gasteiger partial charge in [-0.2, -0.15) is 0 Å². The molecule has 0 aliphatic rings. The minimum Gasteiger partial charge on any atom is -0.370 e. The highest BCUT2D eigenvalue weighted by atomic mass is 15.1. The molecule has 13 heavy (non-hydrogen) atoms. The molecule has 0 saturated heterocycles. The maximum atomic E-state index is 5.62. The highest BCUT2D eigenvalue weighted by Crippen LogP contribution is 1.91. The summed E-state index contributed by atoms with van der Waals surface area (Å²) in [5.41, 5.74) is 5.62. The lowest BCUT2D eigenvalue weighted by atomic mass is 10.2. The van der Waals surface area contributed by atoms with Gasteiger partial charge in [-0.3, -0.25) is 4.99 Å². The van der Waals surface area contributed by atoms with Gasteiger partial charge in [0.2, 0.25) is 0 Å². The van der Waals surface area contributed by atoms with E-state index in [1.54, 1.807) is 0 Å². The van der Waals surface area contributed by atoms with E-state index in [9.17, 15) is 0 Å². The molecule has 0 saturated carbocycles. The summed E-state index contributed by atoms with van der Waals surface area (Å²) in [7, 11) is 4.13. The molecule has 0 radical (unpaired) electrons. The Balaban J connectivity index is 3.61. The topological polar surface area (TPSA) is 53.6 Å². The second-order valence-electron chi connectivity index (χ2n) is 3.50. The molecule has 1 atom stereocenters. The van der Waals surface area contributed by atoms with Gasteiger partial charge in [0.05, 0.1) is 0 Å². The van der Waals surface area contributed by atoms with Crippen molar-refractivity contribution in [3.8, 4) is 0 Å². The first-order chi connectivity index (χ1) is 6.06. The maximum absolute atomic E-state index is 5.62. The first kappa shape index (κ1) is 12.2. The van der Waals surface area contributed by atoms with Crippen molar-refractivity contribution in [1.29, 1.82) is 0 Å². The zero-order chi connectivity index (χ0) is 10.3. The number of nitrogens with two attached hydrogens (primary N) is 1. The molecule has 0 aromatic carbocycles. The SMILES string of the molecule is CCN=C(N)NC(C)CCN(C)C. The Morgan fingerprint density at radius 2 is 2.15 bits per heavy atom. The van der Waals surface area contributed by atoms with E-state index in [1.165, 1.54) is 0 Å². The lowest BCUT2D eigenvalue weighted by Crippen LogP contribution is -2.39. The number of hydrogen-bond donors (Lipinski definition) is 2. The zero-order valence-electron chi connectivity index (χ0n) is 9.17. The van der Waals surface area contributed by atoms with Crippen LogP contribution < -0.4 is 11.1 Å². The summed E-state index contributed by atoms with van der Waals surface area (Å²) in [5.74, 6) is 0.550. The van der Waals surface area contributed by atoms with Crippen molar-refractivity contribution in [3.63, 3.8) is 0 Å². The van der Waals surface area contributed by atoms with Crippen molar-refractivity contribution < 1.29 is 0 Å². The molecule has 0 spiro atoms. The average Bonchev–Trinajstić information content (AvgIpc) is 2.01. The minimum atomic E-state index is 0.387. The predicted octanol–water partition coefficient (Wildman–Crippen LogP) is 0.251. The molecule has 4 nitrogen and oxygen atoms in total. The molecule has 0 aromatic heterocycles. The lowest BCUT2D eigenvalue weighted by molar-refractivity contribution is 0.378. The third kappa shape index (κ3) is 7.59. The van der Waals surface area contributed by atoms with E-state index in [0.29, 0.717) is 12.0 Å². The predicted molar refractivity (Wildman–Crippen MR) is 57.9 cm³/mol. The molecule has 78 valence electrons. The molecule has 0 aliphatic heterocycles. The Morgan fingerprint density at radius 3 is 2.62 bits per heavy atom. The van der Waals surface area contributed by atoms with E-state index in [4.69, 9.17) is 5.73 Å². The van der Waals surface area contributed by atoms with Crippen molar-refractivity contribution in [2.45, 2.75) is 26.3 Å². The van der Waals surface area contributed by atoms with Gasteiger partial charge in [-0.15, -0.1) is 0 Å². The quantitative estimate of drug-likeness (QED) is 0.478. The van der Waals surface area contributed by atoms with Gasteiger partial charge in [0.25, 0.3) is 0 Å². The Hall–Kier alpha value is -0.770. The van der Waals surface area contributed by atoms with Gasteiger partial charge >= 0.3 is 0 Å². The van der Waals surface area contributed by atoms with Crippen LogP contribution in [0.1, 0.15) is 20.3 Å². The number of aliphatic imine (C=N–C) groups is 1. The van der Waals surface area contributed by atoms with Crippen LogP contribution >= 0.6 is 0 Å². The molecule has 0 bridgehead atoms. The van der Waals surface area contributed by atoms with Gasteiger partial charge in [0.15, 0.2) is 5.96 Å². The third-order valence-corrected chi connectivity index (χ3v) is 1.73. The Kier molecular flexibility index (Phi) is 6.32. The molecule has 0 fully saturated rings. The molecule has 0 amide bonds. The summed E-state index contributed by atoms with van der Waals surface area (Å²) in [6.45, 7) is 5.88. The van der Waals surface area contributed by atoms with E-state index < -0.39 is 0 Å². The van der Waals surface area contributed by atoms with Crippen LogP contribution in [0.2, 0.25) is 0 Å². The fourth-order valence-corrected chi connectivity index (χ4v) is 0.992. The van der Waals surface area contributed by atoms with Crippen molar-refractivity contribution in [2.75, 3.05) is 27.2 Å². The second kappa shape index (κ2) is 6.71. The van der Waals surface area contributed by atoms with Crippen LogP contribution in [0.3, 0.4) is 0 Å². The van der Waals surface area contributed by atoms with E-state index in [1.807, 2.05) is 6.92 Å². The van der Waals surface area contributed by atoms with Crippen LogP contribution in [0.15, 0.2) is 4.99 Å². The molecule has 3 N–H and O–H groups in total. The molecular weight excluding hydrogens is 164 g/mol. The van der Waals surface area contributed by atoms with Crippen molar-refractivity contribution in [3.05, 3.63) is 0 Å². The monoisotopic (exact) mass is 186 g/mol. The zero-order valence-corrected chi connectivity index (χ0v) is 9.17. The summed E-state index contributed by atoms with van der Waals surface area (Å²) in [4.78, 5) is 6.22. The standard InChI is InChI=1S/C9H22N4/c1-5-11-9(10)12-8(2)6-7-13(3)4/h8H,5-7H2,1-4H3,(H3,10,11,12). The summed E-state index contributed by atoms with van der Waals surface area (Å²) in [5, 5.41) is 3.14. The van der Waals surface area contributed by atoms with Crippen LogP contribution in [0.5, 0.6) is 0 Å². The first-order valence-corrected chi connectivity index (χ1v) is 4.77. The van der Waals surface area contributed by atoms with Crippen LogP contribution in [0.4, 0.5) is 0 Å². The highest BCUT2D eigenvalue weighted by molar-refractivity contribution is 5.78. The molecule has 0 aliphatic carbocycles. The van der Waals surface area contributed by atoms with Gasteiger partial charge in [-0.1, -0.05) is 0 Å². The highest BCUT2D eigenvalue weighted by Gasteiger charge is 2.02. The molecule has 0 aromatic rings. The number of hydrogen-bond acceptors (Lipinski definition) is 2. The summed E-state index contributed by atoms with van der Waals surface area (Å²) in [6, 6.07) is 0.387. The number of nitrogens with zero attached hydrogens (tertiary/aromatic N) is 2. The van der Waals surface area contributed by atoms with Crippen molar-refractivity contribution in [2.24, 2.45) is 10.7 Å². The smallest absolute Gasteiger partial charge is 0.188 e. The van der Waals surface area contributed by atoms with Crippen molar-refractivity contribution >= 4 is 5.96 Å². The fraction of sp³-hybridized carbons (Fsp3) is 0.889. The first-order valence-electron chi connectivity index (χ1n) is 4.77. The Morgan fingerprint density at radius 1 is 1.54 bits per heavy atom. The summed E-state index contributed by atoms with van der Waals surface area (Å²) in [6.07, 6.45) is 1.08. The van der Waals surface area contributed by atoms with Crippen molar-refractivity contribution in [1.82, 2.24) is 10.2 Å². The number of rotatable bonds is 5. The van der Waals surface area contributed by atoms with Gasteiger partial charge in [-0.25, -0.2) is 0 Å². The molecule has 0 heterocycles. The molecular formula is C9H22N4. The third-order valence-electron chi connectivity index (χ3n) is 1.73. The van der Waals surface area contributed by atoms with Gasteiger partial charge in [0, 0.05) is 12.6 Å². The normalized spacial score (nSPS) is 14.7. The minimum absolute atomic E-state index is 0.387. The summed E-state index contributed by atoms with van der Waals surface area (Å²) >= 11 is 0. The van der Waals surface area contributed by atoms with Gasteiger partial charge in [-0.05, 0) is 40.9 Å². The van der Waals surface area contributed by atoms with E-state index in [0.717, 1.165) is 19.5 Å². The Labute approximate surface area is 81.2 Å². The van der Waals surface area contributed by atoms with Crippen LogP contribution in [0.25, 0.3) is 0 Å². The van der Waals surface area contributed by atoms with Gasteiger partial charge < -0.3 is 16.0 Å². The maximum Gasteiger partial charge on any atom is 0.188 e. The fourth-order valence-electron chi connectivity index (χ4n) is 0.992. The van der Waals surface area contributed by atoms with Crippen LogP contribution in [0, 0.1) is 0 Å². The molecule has 4 heteroatoms. The van der Waals surface area contributed by atoms with E-state index in [-0.39, 0.29) is 0 Å². The molecule has 0 rings (SSSR count). The summed E-state index contributed by atoms with van der Waals surface area (Å²) < 4.78 is 0. The van der Waals surface area contributed by atoms with E-state index in [2.05, 4.69) is 36.2 Å². The lowest BCUT2D eigenvalue weighted by Gasteiger charge is -2.16. The Bertz CT molecular complexity index is 154. The second-order valence-corrected chi connectivity index (χ2v) is 3.50. The van der Waals surface area contributed by atoms with Crippen LogP contribution in [-0.4, -0.2) is 44.1 Å². The largest absolute Gasteiger partial charge is 0.370 e. The van der Waals surface area contributed by atoms with Gasteiger partial charge in [0.1, 0.15) is 0 Å². The number of nitrogens with one attached hydrogen (secondary N) is 1.